The minimum Gasteiger partial charge on any atom is -0.278 e. The molecule has 0 spiro atoms. The van der Waals surface area contributed by atoms with E-state index in [1.165, 1.54) is 59.6 Å². The molecule has 4 heteroatoms. The zero-order valence-electron chi connectivity index (χ0n) is 26.4. The minimum absolute atomic E-state index is 0.692. The maximum absolute atomic E-state index is 5.44. The highest BCUT2D eigenvalue weighted by molar-refractivity contribution is 7.26. The van der Waals surface area contributed by atoms with Crippen LogP contribution in [0.15, 0.2) is 152 Å². The predicted octanol–water partition coefficient (Wildman–Crippen LogP) is 12.0. The molecule has 0 N–H and O–H groups in total. The molecule has 0 radical (unpaired) electrons. The summed E-state index contributed by atoms with van der Waals surface area (Å²) >= 11 is 1.77. The van der Waals surface area contributed by atoms with Gasteiger partial charge in [0.05, 0.1) is 26.9 Å². The Kier molecular flexibility index (Phi) is 5.60. The summed E-state index contributed by atoms with van der Waals surface area (Å²) in [5.41, 5.74) is 13.2. The lowest BCUT2D eigenvalue weighted by molar-refractivity contribution is 1.02. The fourth-order valence-electron chi connectivity index (χ4n) is 7.96. The van der Waals surface area contributed by atoms with Crippen molar-refractivity contribution in [1.29, 1.82) is 0 Å². The molecule has 0 amide bonds. The van der Waals surface area contributed by atoms with Crippen molar-refractivity contribution in [1.82, 2.24) is 14.5 Å². The van der Waals surface area contributed by atoms with E-state index in [4.69, 9.17) is 9.97 Å². The number of rotatable bonds is 3. The highest BCUT2D eigenvalue weighted by atomic mass is 32.1. The van der Waals surface area contributed by atoms with E-state index < -0.39 is 0 Å². The number of thiophene rings is 1. The Bertz CT molecular complexity index is 2950. The molecule has 0 saturated carbocycles. The van der Waals surface area contributed by atoms with E-state index in [-0.39, 0.29) is 0 Å². The Morgan fingerprint density at radius 3 is 2.14 bits per heavy atom. The van der Waals surface area contributed by atoms with Crippen LogP contribution < -0.4 is 0 Å². The molecule has 3 aromatic heterocycles. The summed E-state index contributed by atoms with van der Waals surface area (Å²) in [6, 6.07) is 54.8. The number of aromatic nitrogens is 3. The second-order valence-electron chi connectivity index (χ2n) is 13.0. The molecule has 0 atom stereocenters. The van der Waals surface area contributed by atoms with Crippen LogP contribution in [0.2, 0.25) is 0 Å². The van der Waals surface area contributed by atoms with E-state index in [9.17, 15) is 0 Å². The number of hydrogen-bond donors (Lipinski definition) is 0. The third-order valence-corrected chi connectivity index (χ3v) is 11.4. The summed E-state index contributed by atoms with van der Waals surface area (Å²) in [6.45, 7) is 0. The van der Waals surface area contributed by atoms with Gasteiger partial charge in [-0.1, -0.05) is 127 Å². The van der Waals surface area contributed by atoms with E-state index in [1.54, 1.807) is 11.3 Å². The highest BCUT2D eigenvalue weighted by Crippen LogP contribution is 2.44. The Labute approximate surface area is 286 Å². The summed E-state index contributed by atoms with van der Waals surface area (Å²) in [5.74, 6) is 0.692. The van der Waals surface area contributed by atoms with Gasteiger partial charge in [-0.25, -0.2) is 9.97 Å². The van der Waals surface area contributed by atoms with Gasteiger partial charge in [-0.05, 0) is 74.8 Å². The zero-order valence-corrected chi connectivity index (χ0v) is 27.2. The molecule has 7 aromatic carbocycles. The average molecular weight is 642 g/mol. The Morgan fingerprint density at radius 2 is 1.24 bits per heavy atom. The number of para-hydroxylation sites is 1. The first kappa shape index (κ1) is 26.9. The van der Waals surface area contributed by atoms with E-state index in [1.807, 2.05) is 0 Å². The first-order valence-electron chi connectivity index (χ1n) is 16.7. The molecule has 0 unspecified atom stereocenters. The van der Waals surface area contributed by atoms with E-state index in [0.717, 1.165) is 44.3 Å². The highest BCUT2D eigenvalue weighted by Gasteiger charge is 2.23. The standard InChI is InChI=1S/C45H27N3S/c1-2-10-27(11-3-1)28-18-20-29(21-19-28)42-44-43(35-15-7-9-17-41(35)49-44)47-45(46-42)48-39-16-8-6-14-34(39)38-26-36-31(25-40(38)48)22-23-33-32-13-5-4-12-30(32)24-37(33)36/h1-23,25-26H,24H2. The molecular weight excluding hydrogens is 615 g/mol. The molecule has 11 rings (SSSR count). The Balaban J connectivity index is 1.18. The van der Waals surface area contributed by atoms with Crippen LogP contribution in [0, 0.1) is 0 Å². The van der Waals surface area contributed by atoms with Gasteiger partial charge in [0.15, 0.2) is 0 Å². The summed E-state index contributed by atoms with van der Waals surface area (Å²) < 4.78 is 4.60. The van der Waals surface area contributed by atoms with Gasteiger partial charge >= 0.3 is 0 Å². The van der Waals surface area contributed by atoms with Crippen LogP contribution in [0.3, 0.4) is 0 Å². The molecule has 228 valence electrons. The van der Waals surface area contributed by atoms with Crippen molar-refractivity contribution in [3.8, 4) is 39.5 Å². The largest absolute Gasteiger partial charge is 0.278 e. The van der Waals surface area contributed by atoms with Gasteiger partial charge in [0.25, 0.3) is 0 Å². The van der Waals surface area contributed by atoms with Crippen molar-refractivity contribution in [2.75, 3.05) is 0 Å². The Hall–Kier alpha value is -6.10. The second-order valence-corrected chi connectivity index (χ2v) is 14.0. The summed E-state index contributed by atoms with van der Waals surface area (Å²) in [7, 11) is 0. The molecular formula is C45H27N3S. The molecule has 0 bridgehead atoms. The van der Waals surface area contributed by atoms with Crippen LogP contribution in [0.1, 0.15) is 11.1 Å². The monoisotopic (exact) mass is 641 g/mol. The van der Waals surface area contributed by atoms with Gasteiger partial charge in [0.2, 0.25) is 5.95 Å². The van der Waals surface area contributed by atoms with Crippen LogP contribution in [-0.2, 0) is 6.42 Å². The molecule has 1 aliphatic carbocycles. The van der Waals surface area contributed by atoms with Gasteiger partial charge in [-0.15, -0.1) is 11.3 Å². The van der Waals surface area contributed by atoms with Gasteiger partial charge < -0.3 is 0 Å². The Morgan fingerprint density at radius 1 is 0.510 bits per heavy atom. The van der Waals surface area contributed by atoms with Crippen molar-refractivity contribution in [2.45, 2.75) is 6.42 Å². The van der Waals surface area contributed by atoms with Crippen LogP contribution >= 0.6 is 11.3 Å². The summed E-state index contributed by atoms with van der Waals surface area (Å²) in [5, 5.41) is 6.15. The summed E-state index contributed by atoms with van der Waals surface area (Å²) in [6.07, 6.45) is 0.963. The molecule has 0 aliphatic heterocycles. The topological polar surface area (TPSA) is 30.7 Å². The molecule has 1 aliphatic rings. The van der Waals surface area contributed by atoms with Crippen molar-refractivity contribution in [2.24, 2.45) is 0 Å². The molecule has 3 heterocycles. The second kappa shape index (κ2) is 10.2. The van der Waals surface area contributed by atoms with E-state index >= 15 is 0 Å². The minimum atomic E-state index is 0.692. The lowest BCUT2D eigenvalue weighted by atomic mass is 9.97. The van der Waals surface area contributed by atoms with Crippen LogP contribution in [0.25, 0.3) is 92.3 Å². The summed E-state index contributed by atoms with van der Waals surface area (Å²) in [4.78, 5) is 10.8. The molecule has 0 fully saturated rings. The quantitative estimate of drug-likeness (QED) is 0.192. The number of fused-ring (bicyclic) bond motifs is 11. The van der Waals surface area contributed by atoms with Gasteiger partial charge in [0.1, 0.15) is 0 Å². The van der Waals surface area contributed by atoms with Crippen molar-refractivity contribution >= 4 is 64.2 Å². The normalized spacial score (nSPS) is 12.4. The lowest BCUT2D eigenvalue weighted by Gasteiger charge is -2.11. The molecule has 49 heavy (non-hydrogen) atoms. The van der Waals surface area contributed by atoms with Gasteiger partial charge in [-0.3, -0.25) is 4.57 Å². The number of benzene rings is 7. The average Bonchev–Trinajstić information content (AvgIpc) is 3.84. The van der Waals surface area contributed by atoms with Crippen molar-refractivity contribution in [3.05, 3.63) is 163 Å². The molecule has 3 nitrogen and oxygen atoms in total. The lowest BCUT2D eigenvalue weighted by Crippen LogP contribution is -2.02. The smallest absolute Gasteiger partial charge is 0.235 e. The van der Waals surface area contributed by atoms with Gasteiger partial charge in [0, 0.05) is 26.4 Å². The van der Waals surface area contributed by atoms with Crippen molar-refractivity contribution in [3.63, 3.8) is 0 Å². The predicted molar refractivity (Wildman–Crippen MR) is 206 cm³/mol. The third kappa shape index (κ3) is 3.95. The fraction of sp³-hybridized carbons (Fsp3) is 0.0222. The number of hydrogen-bond acceptors (Lipinski definition) is 3. The van der Waals surface area contributed by atoms with Crippen LogP contribution in [0.4, 0.5) is 0 Å². The maximum atomic E-state index is 5.44. The molecule has 10 aromatic rings. The SMILES string of the molecule is c1ccc(-c2ccc(-c3nc(-n4c5ccccc5c5cc6c7c(ccc6cc54)-c4ccccc4C7)nc4c3sc3ccccc34)cc2)cc1. The zero-order chi connectivity index (χ0) is 32.1. The fourth-order valence-corrected chi connectivity index (χ4v) is 9.11. The first-order chi connectivity index (χ1) is 24.3. The van der Waals surface area contributed by atoms with Crippen molar-refractivity contribution < 1.29 is 0 Å². The maximum Gasteiger partial charge on any atom is 0.235 e. The van der Waals surface area contributed by atoms with Crippen LogP contribution in [0.5, 0.6) is 0 Å². The third-order valence-electron chi connectivity index (χ3n) is 10.3. The van der Waals surface area contributed by atoms with E-state index in [0.29, 0.717) is 5.95 Å². The van der Waals surface area contributed by atoms with Crippen LogP contribution in [-0.4, -0.2) is 14.5 Å². The van der Waals surface area contributed by atoms with E-state index in [2.05, 4.69) is 156 Å². The number of nitrogens with zero attached hydrogens (tertiary/aromatic N) is 3. The first-order valence-corrected chi connectivity index (χ1v) is 17.5. The molecule has 0 saturated heterocycles. The van der Waals surface area contributed by atoms with Gasteiger partial charge in [-0.2, -0.15) is 0 Å².